The molecule has 1 aromatic carbocycles. The first-order valence-corrected chi connectivity index (χ1v) is 13.3. The van der Waals surface area contributed by atoms with Crippen molar-refractivity contribution in [2.24, 2.45) is 23.2 Å². The predicted molar refractivity (Wildman–Crippen MR) is 130 cm³/mol. The number of carbonyl (C=O) groups excluding carboxylic acids is 3. The van der Waals surface area contributed by atoms with Gasteiger partial charge in [0.15, 0.2) is 6.61 Å². The van der Waals surface area contributed by atoms with Gasteiger partial charge in [0.05, 0.1) is 12.0 Å². The van der Waals surface area contributed by atoms with Crippen LogP contribution in [0.5, 0.6) is 5.75 Å². The number of nitrogens with zero attached hydrogens (tertiary/aromatic N) is 2. The molecule has 190 valence electrons. The van der Waals surface area contributed by atoms with E-state index in [0.29, 0.717) is 43.9 Å². The van der Waals surface area contributed by atoms with Crippen LogP contribution in [0.15, 0.2) is 24.3 Å². The minimum atomic E-state index is -0.556. The van der Waals surface area contributed by atoms with E-state index in [0.717, 1.165) is 37.0 Å². The maximum absolute atomic E-state index is 13.8. The summed E-state index contributed by atoms with van der Waals surface area (Å²) >= 11 is 0. The van der Waals surface area contributed by atoms with E-state index in [1.807, 2.05) is 31.2 Å². The van der Waals surface area contributed by atoms with Gasteiger partial charge in [-0.15, -0.1) is 0 Å². The van der Waals surface area contributed by atoms with Gasteiger partial charge in [0.2, 0.25) is 5.91 Å². The summed E-state index contributed by atoms with van der Waals surface area (Å²) in [5.41, 5.74) is 0.713. The maximum Gasteiger partial charge on any atom is 0.329 e. The molecule has 5 aliphatic rings. The van der Waals surface area contributed by atoms with Crippen LogP contribution in [0, 0.1) is 23.2 Å². The monoisotopic (exact) mass is 482 g/mol. The number of likely N-dealkylation sites (N-methyl/N-ethyl adjacent to an activating group) is 1. The van der Waals surface area contributed by atoms with Crippen molar-refractivity contribution in [2.45, 2.75) is 70.9 Å². The molecule has 6 rings (SSSR count). The van der Waals surface area contributed by atoms with Crippen LogP contribution in [0.3, 0.4) is 0 Å². The van der Waals surface area contributed by atoms with Gasteiger partial charge in [-0.05, 0) is 93.7 Å². The fourth-order valence-corrected chi connectivity index (χ4v) is 7.49. The molecular formula is C28H38N2O5. The topological polar surface area (TPSA) is 76.2 Å². The fourth-order valence-electron chi connectivity index (χ4n) is 7.49. The number of amides is 2. The molecule has 1 atom stereocenters. The SMILES string of the molecule is CCOc1ccc(CN(C)C(=O)COC(=O)C2CCCN2C(=O)C23CC4CC(CC(C4)C2)C3)cc1. The lowest BCUT2D eigenvalue weighted by Gasteiger charge is -2.56. The Kier molecular flexibility index (Phi) is 6.78. The normalized spacial score (nSPS) is 30.9. The molecule has 4 aliphatic carbocycles. The highest BCUT2D eigenvalue weighted by molar-refractivity contribution is 5.90. The maximum atomic E-state index is 13.8. The first kappa shape index (κ1) is 24.1. The lowest BCUT2D eigenvalue weighted by molar-refractivity contribution is -0.166. The van der Waals surface area contributed by atoms with Crippen molar-refractivity contribution in [3.63, 3.8) is 0 Å². The summed E-state index contributed by atoms with van der Waals surface area (Å²) in [5.74, 6) is 2.32. The van der Waals surface area contributed by atoms with Crippen LogP contribution in [0.4, 0.5) is 0 Å². The quantitative estimate of drug-likeness (QED) is 0.527. The third kappa shape index (κ3) is 4.91. The van der Waals surface area contributed by atoms with Crippen LogP contribution < -0.4 is 4.74 Å². The summed E-state index contributed by atoms with van der Waals surface area (Å²) < 4.78 is 10.9. The van der Waals surface area contributed by atoms with Crippen LogP contribution in [0.25, 0.3) is 0 Å². The van der Waals surface area contributed by atoms with Gasteiger partial charge >= 0.3 is 5.97 Å². The Balaban J connectivity index is 1.14. The molecule has 1 aromatic rings. The van der Waals surface area contributed by atoms with E-state index in [1.54, 1.807) is 16.8 Å². The number of benzene rings is 1. The Morgan fingerprint density at radius 3 is 2.26 bits per heavy atom. The van der Waals surface area contributed by atoms with Crippen LogP contribution in [0.1, 0.15) is 63.9 Å². The molecule has 0 radical (unpaired) electrons. The highest BCUT2D eigenvalue weighted by Crippen LogP contribution is 2.60. The highest BCUT2D eigenvalue weighted by atomic mass is 16.5. The Labute approximate surface area is 208 Å². The molecule has 7 nitrogen and oxygen atoms in total. The molecule has 1 heterocycles. The van der Waals surface area contributed by atoms with Gasteiger partial charge in [-0.25, -0.2) is 4.79 Å². The molecule has 4 saturated carbocycles. The number of hydrogen-bond acceptors (Lipinski definition) is 5. The van der Waals surface area contributed by atoms with E-state index >= 15 is 0 Å². The Bertz CT molecular complexity index is 923. The smallest absolute Gasteiger partial charge is 0.329 e. The second-order valence-electron chi connectivity index (χ2n) is 11.3. The number of hydrogen-bond donors (Lipinski definition) is 0. The Morgan fingerprint density at radius 2 is 1.66 bits per heavy atom. The molecule has 4 bridgehead atoms. The van der Waals surface area contributed by atoms with Crippen molar-refractivity contribution in [1.29, 1.82) is 0 Å². The van der Waals surface area contributed by atoms with Crippen molar-refractivity contribution in [2.75, 3.05) is 26.8 Å². The standard InChI is InChI=1S/C28H38N2O5/c1-3-34-23-8-6-19(7-9-23)17-29(2)25(31)18-35-26(32)24-5-4-10-30(24)27(33)28-14-20-11-21(15-28)13-22(12-20)16-28/h6-9,20-22,24H,3-5,10-18H2,1-2H3. The van der Waals surface area contributed by atoms with Crippen LogP contribution >= 0.6 is 0 Å². The van der Waals surface area contributed by atoms with Crippen LogP contribution in [-0.2, 0) is 25.7 Å². The van der Waals surface area contributed by atoms with E-state index in [4.69, 9.17) is 9.47 Å². The van der Waals surface area contributed by atoms with E-state index < -0.39 is 12.0 Å². The van der Waals surface area contributed by atoms with Gasteiger partial charge in [-0.1, -0.05) is 12.1 Å². The van der Waals surface area contributed by atoms with Gasteiger partial charge in [-0.2, -0.15) is 0 Å². The van der Waals surface area contributed by atoms with Gasteiger partial charge in [0.1, 0.15) is 11.8 Å². The van der Waals surface area contributed by atoms with E-state index in [-0.39, 0.29) is 23.8 Å². The molecule has 35 heavy (non-hydrogen) atoms. The number of ether oxygens (including phenoxy) is 2. The zero-order chi connectivity index (χ0) is 24.6. The lowest BCUT2D eigenvalue weighted by Crippen LogP contribution is -2.56. The third-order valence-corrected chi connectivity index (χ3v) is 8.70. The van der Waals surface area contributed by atoms with E-state index in [9.17, 15) is 14.4 Å². The second-order valence-corrected chi connectivity index (χ2v) is 11.3. The number of likely N-dealkylation sites (tertiary alicyclic amines) is 1. The summed E-state index contributed by atoms with van der Waals surface area (Å²) in [5, 5.41) is 0. The first-order chi connectivity index (χ1) is 16.9. The summed E-state index contributed by atoms with van der Waals surface area (Å²) in [6, 6.07) is 7.06. The van der Waals surface area contributed by atoms with Crippen molar-refractivity contribution in [1.82, 2.24) is 9.80 Å². The lowest BCUT2D eigenvalue weighted by atomic mass is 9.49. The Morgan fingerprint density at radius 1 is 1.03 bits per heavy atom. The average molecular weight is 483 g/mol. The number of carbonyl (C=O) groups is 3. The summed E-state index contributed by atoms with van der Waals surface area (Å²) in [6.07, 6.45) is 8.25. The van der Waals surface area contributed by atoms with Gasteiger partial charge in [-0.3, -0.25) is 9.59 Å². The Hall–Kier alpha value is -2.57. The number of rotatable bonds is 8. The molecule has 1 aliphatic heterocycles. The molecule has 7 heteroatoms. The van der Waals surface area contributed by atoms with Gasteiger partial charge in [0, 0.05) is 20.1 Å². The average Bonchev–Trinajstić information content (AvgIpc) is 3.32. The second kappa shape index (κ2) is 9.82. The number of esters is 1. The molecule has 1 saturated heterocycles. The van der Waals surface area contributed by atoms with E-state index in [2.05, 4.69) is 0 Å². The van der Waals surface area contributed by atoms with Crippen LogP contribution in [0.2, 0.25) is 0 Å². The fraction of sp³-hybridized carbons (Fsp3) is 0.679. The zero-order valence-corrected chi connectivity index (χ0v) is 21.0. The summed E-state index contributed by atoms with van der Waals surface area (Å²) in [6.45, 7) is 3.28. The molecule has 5 fully saturated rings. The van der Waals surface area contributed by atoms with Crippen LogP contribution in [-0.4, -0.2) is 60.4 Å². The largest absolute Gasteiger partial charge is 0.494 e. The molecule has 0 aromatic heterocycles. The molecular weight excluding hydrogens is 444 g/mol. The minimum Gasteiger partial charge on any atom is -0.494 e. The zero-order valence-electron chi connectivity index (χ0n) is 21.0. The van der Waals surface area contributed by atoms with Gasteiger partial charge in [0.25, 0.3) is 5.91 Å². The molecule has 1 unspecified atom stereocenters. The van der Waals surface area contributed by atoms with E-state index in [1.165, 1.54) is 19.3 Å². The van der Waals surface area contributed by atoms with Crippen molar-refractivity contribution in [3.8, 4) is 5.75 Å². The molecule has 0 spiro atoms. The molecule has 0 N–H and O–H groups in total. The predicted octanol–water partition coefficient (Wildman–Crippen LogP) is 3.79. The van der Waals surface area contributed by atoms with Gasteiger partial charge < -0.3 is 19.3 Å². The minimum absolute atomic E-state index is 0.176. The van der Waals surface area contributed by atoms with Crippen molar-refractivity contribution < 1.29 is 23.9 Å². The molecule has 2 amide bonds. The summed E-state index contributed by atoms with van der Waals surface area (Å²) in [7, 11) is 1.70. The van der Waals surface area contributed by atoms with Crippen molar-refractivity contribution in [3.05, 3.63) is 29.8 Å². The highest BCUT2D eigenvalue weighted by Gasteiger charge is 2.57. The van der Waals surface area contributed by atoms with Crippen molar-refractivity contribution >= 4 is 17.8 Å². The third-order valence-electron chi connectivity index (χ3n) is 8.70. The summed E-state index contributed by atoms with van der Waals surface area (Å²) in [4.78, 5) is 42.7. The first-order valence-electron chi connectivity index (χ1n) is 13.3.